The van der Waals surface area contributed by atoms with Gasteiger partial charge in [0.15, 0.2) is 5.58 Å². The molecule has 0 fully saturated rings. The molecule has 0 aliphatic carbocycles. The molecule has 4 rings (SSSR count). The third kappa shape index (κ3) is 3.49. The van der Waals surface area contributed by atoms with Gasteiger partial charge in [0.25, 0.3) is 5.91 Å². The van der Waals surface area contributed by atoms with Gasteiger partial charge >= 0.3 is 0 Å². The Labute approximate surface area is 162 Å². The van der Waals surface area contributed by atoms with E-state index in [1.165, 1.54) is 0 Å². The Balaban J connectivity index is 1.62. The van der Waals surface area contributed by atoms with Gasteiger partial charge in [-0.1, -0.05) is 39.7 Å². The van der Waals surface area contributed by atoms with E-state index in [2.05, 4.69) is 26.2 Å². The second-order valence-corrected chi connectivity index (χ2v) is 7.03. The number of rotatable bonds is 3. The lowest BCUT2D eigenvalue weighted by Crippen LogP contribution is -2.11. The average Bonchev–Trinajstić information content (AvgIpc) is 3.05. The lowest BCUT2D eigenvalue weighted by atomic mass is 10.2. The minimum atomic E-state index is -0.234. The first-order valence-corrected chi connectivity index (χ1v) is 8.99. The number of anilines is 1. The predicted molar refractivity (Wildman–Crippen MR) is 107 cm³/mol. The quantitative estimate of drug-likeness (QED) is 0.426. The predicted octanol–water partition coefficient (Wildman–Crippen LogP) is 6.16. The summed E-state index contributed by atoms with van der Waals surface area (Å²) in [5.41, 5.74) is 3.33. The first-order chi connectivity index (χ1) is 12.6. The smallest absolute Gasteiger partial charge is 0.255 e. The lowest BCUT2D eigenvalue weighted by Gasteiger charge is -2.05. The minimum Gasteiger partial charge on any atom is -0.436 e. The molecule has 0 saturated heterocycles. The summed E-state index contributed by atoms with van der Waals surface area (Å²) in [6.45, 7) is 0. The van der Waals surface area contributed by atoms with Crippen LogP contribution in [-0.2, 0) is 0 Å². The first kappa shape index (κ1) is 16.8. The molecule has 128 valence electrons. The van der Waals surface area contributed by atoms with Crippen LogP contribution in [0.15, 0.2) is 75.6 Å². The second kappa shape index (κ2) is 6.94. The van der Waals surface area contributed by atoms with E-state index in [1.54, 1.807) is 42.5 Å². The first-order valence-electron chi connectivity index (χ1n) is 7.82. The molecular formula is C20H12BrClN2O2. The highest BCUT2D eigenvalue weighted by Crippen LogP contribution is 2.28. The molecule has 0 aliphatic heterocycles. The molecule has 26 heavy (non-hydrogen) atoms. The molecule has 0 saturated carbocycles. The standard InChI is InChI=1S/C20H12BrClN2O2/c21-14-5-1-4-13(9-14)20-24-17-11-16(7-8-18(17)26-20)23-19(25)12-3-2-6-15(22)10-12/h1-11H,(H,23,25). The van der Waals surface area contributed by atoms with E-state index in [9.17, 15) is 4.79 Å². The second-order valence-electron chi connectivity index (χ2n) is 5.68. The average molecular weight is 428 g/mol. The highest BCUT2D eigenvalue weighted by molar-refractivity contribution is 9.10. The van der Waals surface area contributed by atoms with E-state index in [0.29, 0.717) is 33.3 Å². The topological polar surface area (TPSA) is 55.1 Å². The van der Waals surface area contributed by atoms with Crippen LogP contribution in [0.3, 0.4) is 0 Å². The maximum absolute atomic E-state index is 12.3. The summed E-state index contributed by atoms with van der Waals surface area (Å²) < 4.78 is 6.76. The van der Waals surface area contributed by atoms with E-state index in [4.69, 9.17) is 16.0 Å². The fourth-order valence-electron chi connectivity index (χ4n) is 2.58. The Kier molecular flexibility index (Phi) is 4.49. The molecule has 1 amide bonds. The fraction of sp³-hybridized carbons (Fsp3) is 0. The zero-order valence-electron chi connectivity index (χ0n) is 13.4. The van der Waals surface area contributed by atoms with Crippen molar-refractivity contribution in [2.45, 2.75) is 0 Å². The molecule has 0 spiro atoms. The number of amides is 1. The molecule has 0 bridgehead atoms. The number of carbonyl (C=O) groups excluding carboxylic acids is 1. The highest BCUT2D eigenvalue weighted by atomic mass is 79.9. The number of hydrogen-bond donors (Lipinski definition) is 1. The summed E-state index contributed by atoms with van der Waals surface area (Å²) in [6.07, 6.45) is 0. The Morgan fingerprint density at radius 3 is 2.69 bits per heavy atom. The van der Waals surface area contributed by atoms with Crippen LogP contribution < -0.4 is 5.32 Å². The molecule has 0 aliphatic rings. The van der Waals surface area contributed by atoms with Gasteiger partial charge in [0, 0.05) is 26.3 Å². The van der Waals surface area contributed by atoms with Crippen molar-refractivity contribution in [3.8, 4) is 11.5 Å². The summed E-state index contributed by atoms with van der Waals surface area (Å²) in [5, 5.41) is 3.37. The molecule has 4 aromatic rings. The van der Waals surface area contributed by atoms with Crippen LogP contribution in [0, 0.1) is 0 Å². The van der Waals surface area contributed by atoms with Crippen LogP contribution in [0.25, 0.3) is 22.6 Å². The van der Waals surface area contributed by atoms with Gasteiger partial charge in [-0.15, -0.1) is 0 Å². The molecule has 0 atom stereocenters. The van der Waals surface area contributed by atoms with Gasteiger partial charge in [-0.25, -0.2) is 4.98 Å². The third-order valence-corrected chi connectivity index (χ3v) is 4.53. The summed E-state index contributed by atoms with van der Waals surface area (Å²) in [4.78, 5) is 16.9. The summed E-state index contributed by atoms with van der Waals surface area (Å²) in [6, 6.07) is 19.9. The Morgan fingerprint density at radius 2 is 1.88 bits per heavy atom. The molecule has 6 heteroatoms. The molecule has 0 unspecified atom stereocenters. The number of fused-ring (bicyclic) bond motifs is 1. The largest absolute Gasteiger partial charge is 0.436 e. The third-order valence-electron chi connectivity index (χ3n) is 3.80. The maximum Gasteiger partial charge on any atom is 0.255 e. The number of aromatic nitrogens is 1. The monoisotopic (exact) mass is 426 g/mol. The van der Waals surface area contributed by atoms with Crippen LogP contribution in [0.2, 0.25) is 5.02 Å². The molecule has 1 N–H and O–H groups in total. The van der Waals surface area contributed by atoms with Crippen molar-refractivity contribution in [3.63, 3.8) is 0 Å². The Morgan fingerprint density at radius 1 is 1.04 bits per heavy atom. The number of nitrogens with one attached hydrogen (secondary N) is 1. The molecule has 1 aromatic heterocycles. The lowest BCUT2D eigenvalue weighted by molar-refractivity contribution is 0.102. The van der Waals surface area contributed by atoms with Crippen molar-refractivity contribution in [1.29, 1.82) is 0 Å². The Bertz CT molecular complexity index is 1120. The number of benzene rings is 3. The van der Waals surface area contributed by atoms with Crippen molar-refractivity contribution in [1.82, 2.24) is 4.98 Å². The number of oxazole rings is 1. The minimum absolute atomic E-state index is 0.234. The number of halogens is 2. The van der Waals surface area contributed by atoms with Crippen molar-refractivity contribution in [2.75, 3.05) is 5.32 Å². The van der Waals surface area contributed by atoms with Gasteiger partial charge in [0.2, 0.25) is 5.89 Å². The maximum atomic E-state index is 12.3. The van der Waals surface area contributed by atoms with E-state index >= 15 is 0 Å². The van der Waals surface area contributed by atoms with E-state index in [1.807, 2.05) is 24.3 Å². The van der Waals surface area contributed by atoms with Crippen LogP contribution in [0.5, 0.6) is 0 Å². The van der Waals surface area contributed by atoms with Crippen LogP contribution in [0.1, 0.15) is 10.4 Å². The summed E-state index contributed by atoms with van der Waals surface area (Å²) in [5.74, 6) is 0.294. The van der Waals surface area contributed by atoms with Gasteiger partial charge in [-0.3, -0.25) is 4.79 Å². The van der Waals surface area contributed by atoms with Crippen molar-refractivity contribution in [3.05, 3.63) is 81.8 Å². The SMILES string of the molecule is O=C(Nc1ccc2oc(-c3cccc(Br)c3)nc2c1)c1cccc(Cl)c1. The number of hydrogen-bond acceptors (Lipinski definition) is 3. The zero-order chi connectivity index (χ0) is 18.1. The van der Waals surface area contributed by atoms with Crippen molar-refractivity contribution >= 4 is 50.2 Å². The van der Waals surface area contributed by atoms with Crippen LogP contribution >= 0.6 is 27.5 Å². The van der Waals surface area contributed by atoms with Gasteiger partial charge in [0.05, 0.1) is 0 Å². The number of nitrogens with zero attached hydrogens (tertiary/aromatic N) is 1. The molecule has 0 radical (unpaired) electrons. The van der Waals surface area contributed by atoms with E-state index in [-0.39, 0.29) is 5.91 Å². The van der Waals surface area contributed by atoms with E-state index < -0.39 is 0 Å². The van der Waals surface area contributed by atoms with E-state index in [0.717, 1.165) is 10.0 Å². The summed E-state index contributed by atoms with van der Waals surface area (Å²) >= 11 is 9.38. The van der Waals surface area contributed by atoms with Crippen molar-refractivity contribution in [2.24, 2.45) is 0 Å². The fourth-order valence-corrected chi connectivity index (χ4v) is 3.17. The van der Waals surface area contributed by atoms with Crippen molar-refractivity contribution < 1.29 is 9.21 Å². The van der Waals surface area contributed by atoms with Gasteiger partial charge in [-0.2, -0.15) is 0 Å². The van der Waals surface area contributed by atoms with Gasteiger partial charge in [-0.05, 0) is 54.6 Å². The van der Waals surface area contributed by atoms with Gasteiger partial charge in [0.1, 0.15) is 5.52 Å². The zero-order valence-corrected chi connectivity index (χ0v) is 15.7. The molecule has 4 nitrogen and oxygen atoms in total. The van der Waals surface area contributed by atoms with Crippen LogP contribution in [0.4, 0.5) is 5.69 Å². The number of carbonyl (C=O) groups is 1. The Hall–Kier alpha value is -2.63. The highest BCUT2D eigenvalue weighted by Gasteiger charge is 2.11. The molecule has 3 aromatic carbocycles. The van der Waals surface area contributed by atoms with Crippen LogP contribution in [-0.4, -0.2) is 10.9 Å². The molecular weight excluding hydrogens is 416 g/mol. The summed E-state index contributed by atoms with van der Waals surface area (Å²) in [7, 11) is 0. The normalized spacial score (nSPS) is 10.8. The van der Waals surface area contributed by atoms with Gasteiger partial charge < -0.3 is 9.73 Å². The molecule has 1 heterocycles.